The van der Waals surface area contributed by atoms with Crippen LogP contribution in [0.4, 0.5) is 4.39 Å². The highest BCUT2D eigenvalue weighted by atomic mass is 19.1. The van der Waals surface area contributed by atoms with E-state index in [1.54, 1.807) is 12.1 Å². The number of aromatic hydroxyl groups is 1. The highest BCUT2D eigenvalue weighted by molar-refractivity contribution is 6.19. The zero-order chi connectivity index (χ0) is 19.7. The first-order valence-corrected chi connectivity index (χ1v) is 8.07. The average molecular weight is 369 g/mol. The van der Waals surface area contributed by atoms with Crippen molar-refractivity contribution in [1.29, 1.82) is 0 Å². The molecule has 2 aromatic carbocycles. The first-order chi connectivity index (χ1) is 12.8. The van der Waals surface area contributed by atoms with Crippen molar-refractivity contribution in [1.82, 2.24) is 4.57 Å². The third-order valence-electron chi connectivity index (χ3n) is 4.21. The standard InChI is InChI=1S/C20H16FNO5/c1-11(23)22-16-10-14(21)6-7-15(16)18(20(22)26)19(25)13-5-3-4-12(8-13)9-17(24)27-2/h3-8,10,26H,9H2,1-2H3. The fourth-order valence-electron chi connectivity index (χ4n) is 3.00. The van der Waals surface area contributed by atoms with Crippen molar-refractivity contribution in [3.05, 3.63) is 65.0 Å². The summed E-state index contributed by atoms with van der Waals surface area (Å²) in [4.78, 5) is 36.4. The largest absolute Gasteiger partial charge is 0.494 e. The zero-order valence-electron chi connectivity index (χ0n) is 14.7. The molecule has 0 aliphatic carbocycles. The Balaban J connectivity index is 2.14. The summed E-state index contributed by atoms with van der Waals surface area (Å²) in [5, 5.41) is 10.7. The fraction of sp³-hybridized carbons (Fsp3) is 0.150. The van der Waals surface area contributed by atoms with Crippen molar-refractivity contribution in [3.63, 3.8) is 0 Å². The molecule has 0 spiro atoms. The molecule has 1 heterocycles. The maximum absolute atomic E-state index is 13.6. The van der Waals surface area contributed by atoms with Gasteiger partial charge in [0.2, 0.25) is 11.8 Å². The van der Waals surface area contributed by atoms with Crippen LogP contribution in [0, 0.1) is 5.82 Å². The number of benzene rings is 2. The topological polar surface area (TPSA) is 85.6 Å². The Hall–Kier alpha value is -3.48. The summed E-state index contributed by atoms with van der Waals surface area (Å²) in [7, 11) is 1.27. The number of hydrogen-bond acceptors (Lipinski definition) is 5. The molecule has 138 valence electrons. The lowest BCUT2D eigenvalue weighted by Crippen LogP contribution is -2.07. The smallest absolute Gasteiger partial charge is 0.309 e. The number of esters is 1. The lowest BCUT2D eigenvalue weighted by atomic mass is 9.99. The van der Waals surface area contributed by atoms with Crippen LogP contribution in [0.5, 0.6) is 5.88 Å². The van der Waals surface area contributed by atoms with Gasteiger partial charge in [0.1, 0.15) is 5.82 Å². The van der Waals surface area contributed by atoms with Gasteiger partial charge in [0, 0.05) is 17.9 Å². The monoisotopic (exact) mass is 369 g/mol. The highest BCUT2D eigenvalue weighted by Crippen LogP contribution is 2.33. The van der Waals surface area contributed by atoms with Crippen LogP contribution in [0.1, 0.15) is 33.2 Å². The second-order valence-corrected chi connectivity index (χ2v) is 6.00. The molecule has 7 heteroatoms. The number of nitrogens with zero attached hydrogens (tertiary/aromatic N) is 1. The van der Waals surface area contributed by atoms with E-state index in [0.29, 0.717) is 5.56 Å². The van der Waals surface area contributed by atoms with Crippen LogP contribution in [0.2, 0.25) is 0 Å². The second-order valence-electron chi connectivity index (χ2n) is 6.00. The van der Waals surface area contributed by atoms with Crippen LogP contribution in [-0.2, 0) is 16.0 Å². The second kappa shape index (κ2) is 7.03. The summed E-state index contributed by atoms with van der Waals surface area (Å²) in [6.45, 7) is 1.20. The molecule has 0 aliphatic heterocycles. The number of ether oxygens (including phenoxy) is 1. The van der Waals surface area contributed by atoms with Crippen LogP contribution >= 0.6 is 0 Å². The molecule has 0 unspecified atom stereocenters. The van der Waals surface area contributed by atoms with Gasteiger partial charge in [-0.3, -0.25) is 14.4 Å². The summed E-state index contributed by atoms with van der Waals surface area (Å²) < 4.78 is 19.1. The van der Waals surface area contributed by atoms with Crippen molar-refractivity contribution in [2.45, 2.75) is 13.3 Å². The molecule has 0 fully saturated rings. The van der Waals surface area contributed by atoms with E-state index in [2.05, 4.69) is 4.74 Å². The van der Waals surface area contributed by atoms with Crippen LogP contribution < -0.4 is 0 Å². The maximum atomic E-state index is 13.6. The normalized spacial score (nSPS) is 10.8. The lowest BCUT2D eigenvalue weighted by molar-refractivity contribution is -0.139. The molecule has 0 saturated carbocycles. The van der Waals surface area contributed by atoms with Crippen LogP contribution in [0.3, 0.4) is 0 Å². The molecule has 0 saturated heterocycles. The minimum absolute atomic E-state index is 0.00990. The lowest BCUT2D eigenvalue weighted by Gasteiger charge is -2.05. The quantitative estimate of drug-likeness (QED) is 0.564. The van der Waals surface area contributed by atoms with E-state index < -0.39 is 29.4 Å². The van der Waals surface area contributed by atoms with Gasteiger partial charge in [-0.05, 0) is 29.8 Å². The molecule has 6 nitrogen and oxygen atoms in total. The first kappa shape index (κ1) is 18.3. The number of carbonyl (C=O) groups excluding carboxylic acids is 3. The van der Waals surface area contributed by atoms with Crippen LogP contribution in [-0.4, -0.2) is 34.4 Å². The summed E-state index contributed by atoms with van der Waals surface area (Å²) in [5.41, 5.74) is 0.789. The predicted molar refractivity (Wildman–Crippen MR) is 95.5 cm³/mol. The molecule has 3 aromatic rings. The molecular formula is C20H16FNO5. The van der Waals surface area contributed by atoms with Gasteiger partial charge in [0.15, 0.2) is 5.78 Å². The van der Waals surface area contributed by atoms with Crippen molar-refractivity contribution in [2.75, 3.05) is 7.11 Å². The number of rotatable bonds is 4. The van der Waals surface area contributed by atoms with Crippen molar-refractivity contribution in [2.24, 2.45) is 0 Å². The predicted octanol–water partition coefficient (Wildman–Crippen LogP) is 3.09. The molecule has 0 atom stereocenters. The third-order valence-corrected chi connectivity index (χ3v) is 4.21. The molecule has 3 rings (SSSR count). The number of methoxy groups -OCH3 is 1. The minimum atomic E-state index is -0.596. The van der Waals surface area contributed by atoms with E-state index in [1.165, 1.54) is 32.2 Å². The van der Waals surface area contributed by atoms with Gasteiger partial charge < -0.3 is 9.84 Å². The van der Waals surface area contributed by atoms with Gasteiger partial charge >= 0.3 is 5.97 Å². The molecule has 0 aliphatic rings. The summed E-state index contributed by atoms with van der Waals surface area (Å²) >= 11 is 0. The molecule has 0 radical (unpaired) electrons. The number of carbonyl (C=O) groups is 3. The zero-order valence-corrected chi connectivity index (χ0v) is 14.7. The summed E-state index contributed by atoms with van der Waals surface area (Å²) in [5.74, 6) is -2.70. The Labute approximate surface area is 153 Å². The van der Waals surface area contributed by atoms with Gasteiger partial charge in [-0.25, -0.2) is 8.96 Å². The van der Waals surface area contributed by atoms with E-state index in [9.17, 15) is 23.9 Å². The number of aromatic nitrogens is 1. The van der Waals surface area contributed by atoms with E-state index in [-0.39, 0.29) is 28.5 Å². The summed E-state index contributed by atoms with van der Waals surface area (Å²) in [6.07, 6.45) is -0.00990. The SMILES string of the molecule is COC(=O)Cc1cccc(C(=O)c2c(O)n(C(C)=O)c3cc(F)ccc23)c1. The molecule has 1 N–H and O–H groups in total. The van der Waals surface area contributed by atoms with Crippen molar-refractivity contribution in [3.8, 4) is 5.88 Å². The average Bonchev–Trinajstić information content (AvgIpc) is 2.92. The molecule has 1 aromatic heterocycles. The Morgan fingerprint density at radius 3 is 2.56 bits per heavy atom. The van der Waals surface area contributed by atoms with Crippen molar-refractivity contribution < 1.29 is 28.6 Å². The highest BCUT2D eigenvalue weighted by Gasteiger charge is 2.25. The van der Waals surface area contributed by atoms with Crippen LogP contribution in [0.25, 0.3) is 10.9 Å². The Bertz CT molecular complexity index is 1080. The van der Waals surface area contributed by atoms with E-state index in [0.717, 1.165) is 16.7 Å². The first-order valence-electron chi connectivity index (χ1n) is 8.07. The number of halogens is 1. The van der Waals surface area contributed by atoms with Gasteiger partial charge in [-0.1, -0.05) is 18.2 Å². The van der Waals surface area contributed by atoms with E-state index >= 15 is 0 Å². The number of ketones is 1. The van der Waals surface area contributed by atoms with Crippen molar-refractivity contribution >= 4 is 28.6 Å². The maximum Gasteiger partial charge on any atom is 0.309 e. The third kappa shape index (κ3) is 3.31. The molecular weight excluding hydrogens is 353 g/mol. The molecule has 0 amide bonds. The number of hydrogen-bond donors (Lipinski definition) is 1. The van der Waals surface area contributed by atoms with Crippen LogP contribution in [0.15, 0.2) is 42.5 Å². The Morgan fingerprint density at radius 2 is 1.89 bits per heavy atom. The number of fused-ring (bicyclic) bond motifs is 1. The Morgan fingerprint density at radius 1 is 1.15 bits per heavy atom. The van der Waals surface area contributed by atoms with Gasteiger partial charge in [0.25, 0.3) is 0 Å². The van der Waals surface area contributed by atoms with Gasteiger partial charge in [0.05, 0.1) is 24.6 Å². The van der Waals surface area contributed by atoms with Gasteiger partial charge in [-0.15, -0.1) is 0 Å². The fourth-order valence-corrected chi connectivity index (χ4v) is 3.00. The van der Waals surface area contributed by atoms with E-state index in [1.807, 2.05) is 0 Å². The molecule has 0 bridgehead atoms. The summed E-state index contributed by atoms with van der Waals surface area (Å²) in [6, 6.07) is 9.89. The Kier molecular flexibility index (Phi) is 4.77. The minimum Gasteiger partial charge on any atom is -0.494 e. The molecule has 27 heavy (non-hydrogen) atoms. The van der Waals surface area contributed by atoms with E-state index in [4.69, 9.17) is 0 Å². The van der Waals surface area contributed by atoms with Gasteiger partial charge in [-0.2, -0.15) is 0 Å².